The highest BCUT2D eigenvalue weighted by atomic mass is 35.5. The zero-order chi connectivity index (χ0) is 15.4. The van der Waals surface area contributed by atoms with E-state index < -0.39 is 4.92 Å². The van der Waals surface area contributed by atoms with Gasteiger partial charge in [-0.1, -0.05) is 23.7 Å². The van der Waals surface area contributed by atoms with Gasteiger partial charge in [0, 0.05) is 23.9 Å². The lowest BCUT2D eigenvalue weighted by atomic mass is 10.1. The van der Waals surface area contributed by atoms with Gasteiger partial charge in [0.05, 0.1) is 15.5 Å². The van der Waals surface area contributed by atoms with E-state index in [9.17, 15) is 10.1 Å². The van der Waals surface area contributed by atoms with Gasteiger partial charge < -0.3 is 5.32 Å². The second-order valence-electron chi connectivity index (χ2n) is 4.52. The Balaban J connectivity index is 2.14. The Labute approximate surface area is 126 Å². The molecule has 0 aliphatic carbocycles. The second kappa shape index (κ2) is 6.25. The molecule has 0 saturated heterocycles. The van der Waals surface area contributed by atoms with Crippen molar-refractivity contribution in [2.75, 3.05) is 5.32 Å². The zero-order valence-corrected chi connectivity index (χ0v) is 12.0. The number of rotatable bonds is 4. The van der Waals surface area contributed by atoms with Gasteiger partial charge >= 0.3 is 0 Å². The molecule has 2 aromatic carbocycles. The third-order valence-electron chi connectivity index (χ3n) is 3.08. The molecule has 0 bridgehead atoms. The number of hydrogen-bond donors (Lipinski definition) is 1. The van der Waals surface area contributed by atoms with Crippen molar-refractivity contribution < 1.29 is 4.92 Å². The minimum atomic E-state index is -0.428. The molecule has 106 valence electrons. The maximum absolute atomic E-state index is 10.6. The van der Waals surface area contributed by atoms with Crippen molar-refractivity contribution in [3.63, 3.8) is 0 Å². The molecule has 21 heavy (non-hydrogen) atoms. The second-order valence-corrected chi connectivity index (χ2v) is 4.93. The molecule has 0 saturated carbocycles. The lowest BCUT2D eigenvalue weighted by molar-refractivity contribution is -0.384. The van der Waals surface area contributed by atoms with Crippen LogP contribution < -0.4 is 5.32 Å². The van der Waals surface area contributed by atoms with E-state index in [0.29, 0.717) is 10.6 Å². The number of nitrogens with zero attached hydrogens (tertiary/aromatic N) is 2. The molecule has 1 unspecified atom stereocenters. The molecular weight excluding hydrogens is 290 g/mol. The minimum Gasteiger partial charge on any atom is -0.378 e. The number of nitro groups is 1. The molecule has 0 aliphatic rings. The number of halogens is 1. The molecule has 0 fully saturated rings. The van der Waals surface area contributed by atoms with Crippen LogP contribution in [0.25, 0.3) is 0 Å². The van der Waals surface area contributed by atoms with Crippen molar-refractivity contribution in [2.24, 2.45) is 0 Å². The summed E-state index contributed by atoms with van der Waals surface area (Å²) in [5.41, 5.74) is 2.18. The topological polar surface area (TPSA) is 79.0 Å². The van der Waals surface area contributed by atoms with E-state index in [2.05, 4.69) is 5.32 Å². The average molecular weight is 302 g/mol. The molecule has 1 N–H and O–H groups in total. The maximum Gasteiger partial charge on any atom is 0.269 e. The van der Waals surface area contributed by atoms with E-state index >= 15 is 0 Å². The van der Waals surface area contributed by atoms with Crippen LogP contribution in [-0.4, -0.2) is 4.92 Å². The van der Waals surface area contributed by atoms with Crippen molar-refractivity contribution in [3.05, 3.63) is 68.7 Å². The summed E-state index contributed by atoms with van der Waals surface area (Å²) >= 11 is 5.98. The summed E-state index contributed by atoms with van der Waals surface area (Å²) in [7, 11) is 0. The SMILES string of the molecule is CC(Nc1ccc(C#N)c(Cl)c1)c1ccc([N+](=O)[O-])cc1. The van der Waals surface area contributed by atoms with Crippen molar-refractivity contribution in [1.29, 1.82) is 5.26 Å². The van der Waals surface area contributed by atoms with E-state index in [1.54, 1.807) is 30.3 Å². The maximum atomic E-state index is 10.6. The van der Waals surface area contributed by atoms with Gasteiger partial charge in [0.2, 0.25) is 0 Å². The predicted octanol–water partition coefficient (Wildman–Crippen LogP) is 4.29. The van der Waals surface area contributed by atoms with Crippen molar-refractivity contribution in [2.45, 2.75) is 13.0 Å². The van der Waals surface area contributed by atoms with Gasteiger partial charge in [-0.15, -0.1) is 0 Å². The van der Waals surface area contributed by atoms with E-state index in [-0.39, 0.29) is 11.7 Å². The molecule has 0 heterocycles. The molecule has 2 aromatic rings. The molecule has 0 radical (unpaired) electrons. The van der Waals surface area contributed by atoms with Gasteiger partial charge in [-0.2, -0.15) is 5.26 Å². The lowest BCUT2D eigenvalue weighted by Gasteiger charge is -2.16. The van der Waals surface area contributed by atoms with Crippen LogP contribution in [0, 0.1) is 21.4 Å². The van der Waals surface area contributed by atoms with Crippen LogP contribution in [0.15, 0.2) is 42.5 Å². The number of nitriles is 1. The quantitative estimate of drug-likeness (QED) is 0.674. The number of hydrogen-bond acceptors (Lipinski definition) is 4. The van der Waals surface area contributed by atoms with Gasteiger partial charge in [0.25, 0.3) is 5.69 Å². The first-order valence-electron chi connectivity index (χ1n) is 6.22. The largest absolute Gasteiger partial charge is 0.378 e. The summed E-state index contributed by atoms with van der Waals surface area (Å²) in [5.74, 6) is 0. The van der Waals surface area contributed by atoms with Crippen LogP contribution in [0.1, 0.15) is 24.1 Å². The summed E-state index contributed by atoms with van der Waals surface area (Å²) in [5, 5.41) is 23.1. The summed E-state index contributed by atoms with van der Waals surface area (Å²) in [6.45, 7) is 1.94. The van der Waals surface area contributed by atoms with Crippen LogP contribution >= 0.6 is 11.6 Å². The standard InChI is InChI=1S/C15H12ClN3O2/c1-10(11-3-6-14(7-4-11)19(20)21)18-13-5-2-12(9-17)15(16)8-13/h2-8,10,18H,1H3. The van der Waals surface area contributed by atoms with Crippen LogP contribution in [0.3, 0.4) is 0 Å². The molecule has 0 spiro atoms. The molecule has 0 aromatic heterocycles. The Kier molecular flexibility index (Phi) is 4.41. The Bertz CT molecular complexity index is 708. The van der Waals surface area contributed by atoms with Gasteiger partial charge in [0.15, 0.2) is 0 Å². The Hall–Kier alpha value is -2.58. The fraction of sp³-hybridized carbons (Fsp3) is 0.133. The zero-order valence-electron chi connectivity index (χ0n) is 11.2. The predicted molar refractivity (Wildman–Crippen MR) is 81.3 cm³/mol. The van der Waals surface area contributed by atoms with Gasteiger partial charge in [-0.05, 0) is 30.7 Å². The van der Waals surface area contributed by atoms with Gasteiger partial charge in [0.1, 0.15) is 6.07 Å². The number of anilines is 1. The molecule has 2 rings (SSSR count). The van der Waals surface area contributed by atoms with Crippen LogP contribution in [-0.2, 0) is 0 Å². The average Bonchev–Trinajstić information content (AvgIpc) is 2.47. The van der Waals surface area contributed by atoms with Crippen molar-refractivity contribution in [3.8, 4) is 6.07 Å². The highest BCUT2D eigenvalue weighted by Gasteiger charge is 2.10. The number of nitro benzene ring substituents is 1. The smallest absolute Gasteiger partial charge is 0.269 e. The summed E-state index contributed by atoms with van der Waals surface area (Å²) in [6.07, 6.45) is 0. The van der Waals surface area contributed by atoms with E-state index in [4.69, 9.17) is 16.9 Å². The summed E-state index contributed by atoms with van der Waals surface area (Å²) < 4.78 is 0. The number of nitrogens with one attached hydrogen (secondary N) is 1. The molecule has 1 atom stereocenters. The third-order valence-corrected chi connectivity index (χ3v) is 3.39. The first-order valence-corrected chi connectivity index (χ1v) is 6.59. The van der Waals surface area contributed by atoms with Crippen LogP contribution in [0.4, 0.5) is 11.4 Å². The van der Waals surface area contributed by atoms with Crippen molar-refractivity contribution >= 4 is 23.0 Å². The molecule has 6 heteroatoms. The van der Waals surface area contributed by atoms with Crippen molar-refractivity contribution in [1.82, 2.24) is 0 Å². The minimum absolute atomic E-state index is 0.0465. The van der Waals surface area contributed by atoms with Gasteiger partial charge in [-0.3, -0.25) is 10.1 Å². The highest BCUT2D eigenvalue weighted by molar-refractivity contribution is 6.32. The number of benzene rings is 2. The molecule has 5 nitrogen and oxygen atoms in total. The van der Waals surface area contributed by atoms with E-state index in [1.807, 2.05) is 13.0 Å². The van der Waals surface area contributed by atoms with Gasteiger partial charge in [-0.25, -0.2) is 0 Å². The van der Waals surface area contributed by atoms with Crippen LogP contribution in [0.2, 0.25) is 5.02 Å². The number of non-ortho nitro benzene ring substituents is 1. The monoisotopic (exact) mass is 301 g/mol. The molecular formula is C15H12ClN3O2. The van der Waals surface area contributed by atoms with E-state index in [0.717, 1.165) is 11.3 Å². The Morgan fingerprint density at radius 3 is 2.48 bits per heavy atom. The lowest BCUT2D eigenvalue weighted by Crippen LogP contribution is -2.06. The van der Waals surface area contributed by atoms with E-state index in [1.165, 1.54) is 12.1 Å². The molecule has 0 amide bonds. The molecule has 0 aliphatic heterocycles. The fourth-order valence-corrected chi connectivity index (χ4v) is 2.14. The van der Waals surface area contributed by atoms with Crippen LogP contribution in [0.5, 0.6) is 0 Å². The fourth-order valence-electron chi connectivity index (χ4n) is 1.91. The Morgan fingerprint density at radius 1 is 1.29 bits per heavy atom. The third kappa shape index (κ3) is 3.50. The summed E-state index contributed by atoms with van der Waals surface area (Å²) in [6, 6.07) is 13.4. The normalized spacial score (nSPS) is 11.5. The summed E-state index contributed by atoms with van der Waals surface area (Å²) in [4.78, 5) is 10.2. The first-order chi connectivity index (χ1) is 10.0. The Morgan fingerprint density at radius 2 is 1.95 bits per heavy atom. The highest BCUT2D eigenvalue weighted by Crippen LogP contribution is 2.25. The first kappa shape index (κ1) is 14.8.